The maximum absolute atomic E-state index is 12.8. The minimum absolute atomic E-state index is 0.0398. The molecule has 1 unspecified atom stereocenters. The van der Waals surface area contributed by atoms with Crippen molar-refractivity contribution < 1.29 is 18.0 Å². The molecule has 3 aromatic rings. The first-order valence-corrected chi connectivity index (χ1v) is 9.12. The van der Waals surface area contributed by atoms with Crippen LogP contribution < -0.4 is 5.32 Å². The van der Waals surface area contributed by atoms with Crippen LogP contribution in [0.2, 0.25) is 0 Å². The molecule has 3 aromatic heterocycles. The first kappa shape index (κ1) is 20.6. The number of hydrogen-bond acceptors (Lipinski definition) is 4. The summed E-state index contributed by atoms with van der Waals surface area (Å²) >= 11 is 0. The van der Waals surface area contributed by atoms with Gasteiger partial charge in [0.05, 0.1) is 37.1 Å². The Labute approximate surface area is 165 Å². The fourth-order valence-corrected chi connectivity index (χ4v) is 2.80. The topological polar surface area (TPSA) is 82.6 Å². The van der Waals surface area contributed by atoms with Crippen molar-refractivity contribution in [3.63, 3.8) is 0 Å². The fraction of sp³-hybridized carbons (Fsp3) is 0.444. The molecule has 0 bridgehead atoms. The van der Waals surface area contributed by atoms with Gasteiger partial charge in [-0.15, -0.1) is 0 Å². The van der Waals surface area contributed by atoms with E-state index in [-0.39, 0.29) is 12.5 Å². The molecule has 3 rings (SSSR count). The molecular weight excluding hydrogens is 387 g/mol. The lowest BCUT2D eigenvalue weighted by molar-refractivity contribution is -0.141. The Morgan fingerprint density at radius 1 is 1.21 bits per heavy atom. The molecule has 0 fully saturated rings. The Bertz CT molecular complexity index is 986. The van der Waals surface area contributed by atoms with Crippen LogP contribution >= 0.6 is 0 Å². The quantitative estimate of drug-likeness (QED) is 0.651. The average molecular weight is 409 g/mol. The summed E-state index contributed by atoms with van der Waals surface area (Å²) in [5.41, 5.74) is 0.876. The standard InChI is InChI=1S/C18H22F3N7O/c1-4-26-9-14(6-22-26)10-27-11-15(7-23-27)24-17(29)12(2)8-28-13(3)5-16(25-28)18(19,20)21/h5-7,9,11-12H,4,8,10H2,1-3H3,(H,24,29). The van der Waals surface area contributed by atoms with Crippen LogP contribution in [0.3, 0.4) is 0 Å². The highest BCUT2D eigenvalue weighted by Crippen LogP contribution is 2.28. The van der Waals surface area contributed by atoms with E-state index in [4.69, 9.17) is 0 Å². The van der Waals surface area contributed by atoms with E-state index in [9.17, 15) is 18.0 Å². The van der Waals surface area contributed by atoms with Gasteiger partial charge in [0.1, 0.15) is 0 Å². The molecule has 29 heavy (non-hydrogen) atoms. The lowest BCUT2D eigenvalue weighted by atomic mass is 10.1. The summed E-state index contributed by atoms with van der Waals surface area (Å²) in [7, 11) is 0. The molecule has 0 aromatic carbocycles. The number of nitrogens with zero attached hydrogens (tertiary/aromatic N) is 6. The first-order chi connectivity index (χ1) is 13.7. The van der Waals surface area contributed by atoms with E-state index in [1.54, 1.807) is 24.0 Å². The molecule has 1 N–H and O–H groups in total. The number of rotatable bonds is 7. The minimum Gasteiger partial charge on any atom is -0.323 e. The van der Waals surface area contributed by atoms with E-state index in [0.29, 0.717) is 17.9 Å². The zero-order valence-corrected chi connectivity index (χ0v) is 16.3. The van der Waals surface area contributed by atoms with Crippen LogP contribution in [0, 0.1) is 12.8 Å². The van der Waals surface area contributed by atoms with Crippen molar-refractivity contribution in [2.45, 2.75) is 46.6 Å². The highest BCUT2D eigenvalue weighted by Gasteiger charge is 2.34. The van der Waals surface area contributed by atoms with Gasteiger partial charge in [0, 0.05) is 30.2 Å². The van der Waals surface area contributed by atoms with Crippen molar-refractivity contribution in [1.29, 1.82) is 0 Å². The molecule has 11 heteroatoms. The third-order valence-electron chi connectivity index (χ3n) is 4.42. The second-order valence-corrected chi connectivity index (χ2v) is 6.87. The maximum atomic E-state index is 12.8. The average Bonchev–Trinajstić information content (AvgIpc) is 3.36. The molecule has 3 heterocycles. The molecule has 0 radical (unpaired) electrons. The zero-order valence-electron chi connectivity index (χ0n) is 16.3. The van der Waals surface area contributed by atoms with Crippen LogP contribution in [0.4, 0.5) is 18.9 Å². The van der Waals surface area contributed by atoms with Crippen LogP contribution in [0.5, 0.6) is 0 Å². The fourth-order valence-electron chi connectivity index (χ4n) is 2.80. The molecule has 1 atom stereocenters. The van der Waals surface area contributed by atoms with E-state index in [1.807, 2.05) is 17.8 Å². The van der Waals surface area contributed by atoms with Gasteiger partial charge in [-0.1, -0.05) is 6.92 Å². The van der Waals surface area contributed by atoms with Gasteiger partial charge in [0.15, 0.2) is 5.69 Å². The minimum atomic E-state index is -4.51. The lowest BCUT2D eigenvalue weighted by Crippen LogP contribution is -2.25. The van der Waals surface area contributed by atoms with Gasteiger partial charge in [-0.3, -0.25) is 18.8 Å². The normalized spacial score (nSPS) is 12.9. The molecular formula is C18H22F3N7O. The smallest absolute Gasteiger partial charge is 0.323 e. The number of halogens is 3. The number of alkyl halides is 3. The van der Waals surface area contributed by atoms with Crippen molar-refractivity contribution in [2.75, 3.05) is 5.32 Å². The van der Waals surface area contributed by atoms with Crippen LogP contribution in [0.15, 0.2) is 30.9 Å². The molecule has 0 aliphatic rings. The van der Waals surface area contributed by atoms with Gasteiger partial charge < -0.3 is 5.32 Å². The molecule has 0 aliphatic heterocycles. The van der Waals surface area contributed by atoms with Crippen molar-refractivity contribution in [3.05, 3.63) is 47.8 Å². The number of aryl methyl sites for hydroxylation is 2. The Balaban J connectivity index is 1.59. The van der Waals surface area contributed by atoms with Crippen LogP contribution in [-0.2, 0) is 30.6 Å². The molecule has 156 valence electrons. The summed E-state index contributed by atoms with van der Waals surface area (Å²) in [6.07, 6.45) is 2.38. The second-order valence-electron chi connectivity index (χ2n) is 6.87. The van der Waals surface area contributed by atoms with Gasteiger partial charge in [-0.25, -0.2) is 0 Å². The van der Waals surface area contributed by atoms with Crippen LogP contribution in [-0.4, -0.2) is 35.2 Å². The van der Waals surface area contributed by atoms with Gasteiger partial charge >= 0.3 is 6.18 Å². The number of amides is 1. The van der Waals surface area contributed by atoms with Crippen molar-refractivity contribution >= 4 is 11.6 Å². The third kappa shape index (κ3) is 5.04. The van der Waals surface area contributed by atoms with Crippen molar-refractivity contribution in [3.8, 4) is 0 Å². The molecule has 0 aliphatic carbocycles. The van der Waals surface area contributed by atoms with Crippen molar-refractivity contribution in [2.24, 2.45) is 5.92 Å². The second kappa shape index (κ2) is 8.10. The first-order valence-electron chi connectivity index (χ1n) is 9.12. The van der Waals surface area contributed by atoms with Gasteiger partial charge in [0.2, 0.25) is 5.91 Å². The number of carbonyl (C=O) groups excluding carboxylic acids is 1. The molecule has 8 nitrogen and oxygen atoms in total. The Morgan fingerprint density at radius 3 is 2.55 bits per heavy atom. The summed E-state index contributed by atoms with van der Waals surface area (Å²) in [6, 6.07) is 0.968. The highest BCUT2D eigenvalue weighted by atomic mass is 19.4. The van der Waals surface area contributed by atoms with Gasteiger partial charge in [-0.2, -0.15) is 28.5 Å². The Hall–Kier alpha value is -3.11. The summed E-state index contributed by atoms with van der Waals surface area (Å²) in [6.45, 7) is 6.48. The number of nitrogens with one attached hydrogen (secondary N) is 1. The predicted molar refractivity (Wildman–Crippen MR) is 99.0 cm³/mol. The lowest BCUT2D eigenvalue weighted by Gasteiger charge is -2.12. The number of aromatic nitrogens is 6. The van der Waals surface area contributed by atoms with Crippen LogP contribution in [0.25, 0.3) is 0 Å². The maximum Gasteiger partial charge on any atom is 0.435 e. The van der Waals surface area contributed by atoms with E-state index in [1.165, 1.54) is 17.8 Å². The summed E-state index contributed by atoms with van der Waals surface area (Å²) in [5, 5.41) is 14.7. The van der Waals surface area contributed by atoms with E-state index >= 15 is 0 Å². The largest absolute Gasteiger partial charge is 0.435 e. The number of carbonyl (C=O) groups is 1. The predicted octanol–water partition coefficient (Wildman–Crippen LogP) is 2.95. The Kier molecular flexibility index (Phi) is 5.76. The van der Waals surface area contributed by atoms with Gasteiger partial charge in [-0.05, 0) is 19.9 Å². The summed E-state index contributed by atoms with van der Waals surface area (Å²) < 4.78 is 43.0. The summed E-state index contributed by atoms with van der Waals surface area (Å²) in [4.78, 5) is 12.4. The van der Waals surface area contributed by atoms with E-state index < -0.39 is 17.8 Å². The summed E-state index contributed by atoms with van der Waals surface area (Å²) in [5.74, 6) is -0.910. The SMILES string of the molecule is CCn1cc(Cn2cc(NC(=O)C(C)Cn3nc(C(F)(F)F)cc3C)cn2)cn1. The third-order valence-corrected chi connectivity index (χ3v) is 4.42. The van der Waals surface area contributed by atoms with Crippen molar-refractivity contribution in [1.82, 2.24) is 29.3 Å². The molecule has 0 saturated heterocycles. The number of hydrogen-bond donors (Lipinski definition) is 1. The van der Waals surface area contributed by atoms with E-state index in [0.717, 1.165) is 18.2 Å². The Morgan fingerprint density at radius 2 is 1.93 bits per heavy atom. The number of anilines is 1. The monoisotopic (exact) mass is 409 g/mol. The molecule has 0 spiro atoms. The molecule has 1 amide bonds. The van der Waals surface area contributed by atoms with E-state index in [2.05, 4.69) is 20.6 Å². The van der Waals surface area contributed by atoms with Crippen LogP contribution in [0.1, 0.15) is 30.8 Å². The zero-order chi connectivity index (χ0) is 21.2. The molecule has 0 saturated carbocycles. The highest BCUT2D eigenvalue weighted by molar-refractivity contribution is 5.91. The van der Waals surface area contributed by atoms with Gasteiger partial charge in [0.25, 0.3) is 0 Å².